The zero-order valence-corrected chi connectivity index (χ0v) is 9.56. The van der Waals surface area contributed by atoms with E-state index in [0.717, 1.165) is 4.57 Å². The summed E-state index contributed by atoms with van der Waals surface area (Å²) >= 11 is 0. The molecule has 8 heteroatoms. The molecule has 2 heterocycles. The maximum Gasteiger partial charge on any atom is 0.351 e. The average molecular weight is 257 g/mol. The van der Waals surface area contributed by atoms with E-state index in [-0.39, 0.29) is 25.5 Å². The number of ether oxygens (including phenoxy) is 1. The van der Waals surface area contributed by atoms with Crippen molar-refractivity contribution < 1.29 is 20.1 Å². The summed E-state index contributed by atoms with van der Waals surface area (Å²) in [6.07, 6.45) is -1.61. The quantitative estimate of drug-likeness (QED) is 0.475. The third-order valence-corrected chi connectivity index (χ3v) is 2.84. The van der Waals surface area contributed by atoms with E-state index >= 15 is 0 Å². The molecule has 0 unspecified atom stereocenters. The molecule has 1 fully saturated rings. The minimum absolute atomic E-state index is 0.0401. The second-order valence-electron chi connectivity index (χ2n) is 4.10. The van der Waals surface area contributed by atoms with E-state index < -0.39 is 24.1 Å². The van der Waals surface area contributed by atoms with Crippen LogP contribution in [-0.2, 0) is 11.2 Å². The Bertz CT molecular complexity index is 489. The third kappa shape index (κ3) is 2.23. The number of aromatic nitrogens is 2. The first-order valence-electron chi connectivity index (χ1n) is 5.50. The van der Waals surface area contributed by atoms with Crippen LogP contribution in [0.4, 0.5) is 5.82 Å². The van der Waals surface area contributed by atoms with Crippen molar-refractivity contribution in [1.82, 2.24) is 9.55 Å². The zero-order valence-electron chi connectivity index (χ0n) is 9.56. The summed E-state index contributed by atoms with van der Waals surface area (Å²) < 4.78 is 6.21. The second-order valence-corrected chi connectivity index (χ2v) is 4.10. The molecule has 0 aliphatic carbocycles. The molecule has 1 aliphatic heterocycles. The van der Waals surface area contributed by atoms with E-state index in [1.807, 2.05) is 0 Å². The van der Waals surface area contributed by atoms with Gasteiger partial charge >= 0.3 is 5.69 Å². The molecule has 0 amide bonds. The summed E-state index contributed by atoms with van der Waals surface area (Å²) in [4.78, 5) is 15.3. The van der Waals surface area contributed by atoms with Crippen LogP contribution in [0.15, 0.2) is 11.0 Å². The van der Waals surface area contributed by atoms with E-state index in [1.165, 1.54) is 6.20 Å². The molecule has 0 spiro atoms. The van der Waals surface area contributed by atoms with Gasteiger partial charge in [0.05, 0.1) is 6.61 Å². The number of aliphatic hydroxyl groups is 3. The van der Waals surface area contributed by atoms with Gasteiger partial charge in [0.2, 0.25) is 0 Å². The molecule has 1 aromatic heterocycles. The van der Waals surface area contributed by atoms with Gasteiger partial charge in [-0.05, 0) is 0 Å². The van der Waals surface area contributed by atoms with Crippen molar-refractivity contribution in [3.63, 3.8) is 0 Å². The van der Waals surface area contributed by atoms with Gasteiger partial charge in [0.25, 0.3) is 0 Å². The third-order valence-electron chi connectivity index (χ3n) is 2.84. The van der Waals surface area contributed by atoms with Gasteiger partial charge in [-0.3, -0.25) is 4.57 Å². The topological polar surface area (TPSA) is 131 Å². The van der Waals surface area contributed by atoms with Crippen LogP contribution in [0.1, 0.15) is 11.8 Å². The minimum Gasteiger partial charge on any atom is -0.396 e. The van der Waals surface area contributed by atoms with Crippen molar-refractivity contribution in [2.45, 2.75) is 24.9 Å². The van der Waals surface area contributed by atoms with E-state index in [9.17, 15) is 15.0 Å². The Morgan fingerprint density at radius 3 is 2.83 bits per heavy atom. The van der Waals surface area contributed by atoms with Crippen LogP contribution in [0.2, 0.25) is 0 Å². The maximum absolute atomic E-state index is 11.7. The molecule has 2 rings (SSSR count). The predicted octanol–water partition coefficient (Wildman–Crippen LogP) is -2.39. The van der Waals surface area contributed by atoms with Crippen LogP contribution >= 0.6 is 0 Å². The number of nitrogens with two attached hydrogens (primary N) is 1. The molecule has 1 aromatic rings. The lowest BCUT2D eigenvalue weighted by Crippen LogP contribution is -2.35. The molecule has 0 aromatic carbocycles. The Kier molecular flexibility index (Phi) is 3.62. The van der Waals surface area contributed by atoms with Crippen molar-refractivity contribution in [3.8, 4) is 0 Å². The van der Waals surface area contributed by atoms with E-state index in [4.69, 9.17) is 15.6 Å². The lowest BCUT2D eigenvalue weighted by molar-refractivity contribution is -0.0212. The predicted molar refractivity (Wildman–Crippen MR) is 60.7 cm³/mol. The molecule has 18 heavy (non-hydrogen) atoms. The number of nitrogens with zero attached hydrogens (tertiary/aromatic N) is 2. The van der Waals surface area contributed by atoms with Crippen LogP contribution < -0.4 is 11.4 Å². The lowest BCUT2D eigenvalue weighted by atomic mass is 10.2. The SMILES string of the molecule is Nc1nc(=O)n([C@@H]2OC[C@@H](O)[C@H]2O)cc1CCO. The molecular formula is C10H15N3O5. The fourth-order valence-corrected chi connectivity index (χ4v) is 1.85. The summed E-state index contributed by atoms with van der Waals surface area (Å²) in [6, 6.07) is 0. The number of aliphatic hydroxyl groups excluding tert-OH is 3. The van der Waals surface area contributed by atoms with Crippen LogP contribution in [0.5, 0.6) is 0 Å². The molecule has 8 nitrogen and oxygen atoms in total. The highest BCUT2D eigenvalue weighted by Gasteiger charge is 2.36. The van der Waals surface area contributed by atoms with Crippen LogP contribution in [0, 0.1) is 0 Å². The smallest absolute Gasteiger partial charge is 0.351 e. The summed E-state index contributed by atoms with van der Waals surface area (Å²) in [7, 11) is 0. The molecule has 1 saturated heterocycles. The Hall–Kier alpha value is -1.48. The number of hydrogen-bond donors (Lipinski definition) is 4. The monoisotopic (exact) mass is 257 g/mol. The van der Waals surface area contributed by atoms with Crippen molar-refractivity contribution in [1.29, 1.82) is 0 Å². The average Bonchev–Trinajstić information content (AvgIpc) is 2.64. The Balaban J connectivity index is 2.38. The zero-order chi connectivity index (χ0) is 13.3. The van der Waals surface area contributed by atoms with Gasteiger partial charge in [0.1, 0.15) is 18.0 Å². The van der Waals surface area contributed by atoms with Gasteiger partial charge in [0, 0.05) is 24.8 Å². The fourth-order valence-electron chi connectivity index (χ4n) is 1.85. The second kappa shape index (κ2) is 5.02. The van der Waals surface area contributed by atoms with Crippen LogP contribution in [-0.4, -0.2) is 50.3 Å². The van der Waals surface area contributed by atoms with Gasteiger partial charge in [-0.15, -0.1) is 0 Å². The first-order valence-corrected chi connectivity index (χ1v) is 5.50. The van der Waals surface area contributed by atoms with Gasteiger partial charge in [-0.2, -0.15) is 4.98 Å². The number of rotatable bonds is 3. The summed E-state index contributed by atoms with van der Waals surface area (Å²) in [5.41, 5.74) is 5.36. The highest BCUT2D eigenvalue weighted by Crippen LogP contribution is 2.23. The Morgan fingerprint density at radius 2 is 2.28 bits per heavy atom. The highest BCUT2D eigenvalue weighted by molar-refractivity contribution is 5.36. The molecule has 100 valence electrons. The molecule has 3 atom stereocenters. The molecule has 0 saturated carbocycles. The molecule has 0 bridgehead atoms. The minimum atomic E-state index is -1.20. The summed E-state index contributed by atoms with van der Waals surface area (Å²) in [6.45, 7) is -0.196. The van der Waals surface area contributed by atoms with Gasteiger partial charge in [-0.25, -0.2) is 4.79 Å². The van der Waals surface area contributed by atoms with Crippen LogP contribution in [0.3, 0.4) is 0 Å². The van der Waals surface area contributed by atoms with Crippen molar-refractivity contribution >= 4 is 5.82 Å². The molecule has 5 N–H and O–H groups in total. The van der Waals surface area contributed by atoms with Gasteiger partial charge in [0.15, 0.2) is 6.23 Å². The fraction of sp³-hybridized carbons (Fsp3) is 0.600. The summed E-state index contributed by atoms with van der Waals surface area (Å²) in [5.74, 6) is 0.0401. The largest absolute Gasteiger partial charge is 0.396 e. The van der Waals surface area contributed by atoms with Crippen molar-refractivity contribution in [2.24, 2.45) is 0 Å². The molecular weight excluding hydrogens is 242 g/mol. The van der Waals surface area contributed by atoms with Crippen molar-refractivity contribution in [2.75, 3.05) is 18.9 Å². The number of hydrogen-bond acceptors (Lipinski definition) is 7. The van der Waals surface area contributed by atoms with Crippen LogP contribution in [0.25, 0.3) is 0 Å². The summed E-state index contributed by atoms with van der Waals surface area (Å²) in [5, 5.41) is 27.9. The maximum atomic E-state index is 11.7. The first kappa shape index (κ1) is 13.0. The molecule has 1 aliphatic rings. The molecule has 0 radical (unpaired) electrons. The Morgan fingerprint density at radius 1 is 1.56 bits per heavy atom. The normalized spacial score (nSPS) is 27.6. The Labute approximate surface area is 102 Å². The van der Waals surface area contributed by atoms with E-state index in [0.29, 0.717) is 5.56 Å². The lowest BCUT2D eigenvalue weighted by Gasteiger charge is -2.18. The van der Waals surface area contributed by atoms with E-state index in [1.54, 1.807) is 0 Å². The highest BCUT2D eigenvalue weighted by atomic mass is 16.5. The van der Waals surface area contributed by atoms with Gasteiger partial charge < -0.3 is 25.8 Å². The van der Waals surface area contributed by atoms with Crippen molar-refractivity contribution in [3.05, 3.63) is 22.2 Å². The first-order chi connectivity index (χ1) is 8.54. The number of anilines is 1. The van der Waals surface area contributed by atoms with E-state index in [2.05, 4.69) is 4.98 Å². The standard InChI is InChI=1S/C10H15N3O5/c11-8-5(1-2-14)3-13(10(17)12-8)9-7(16)6(15)4-18-9/h3,6-7,9,14-16H,1-2,4H2,(H2,11,12,17)/t6-,7-,9-/m1/s1. The number of nitrogen functional groups attached to an aromatic ring is 1. The van der Waals surface area contributed by atoms with Gasteiger partial charge in [-0.1, -0.05) is 0 Å².